The lowest BCUT2D eigenvalue weighted by Gasteiger charge is -2.09. The summed E-state index contributed by atoms with van der Waals surface area (Å²) < 4.78 is 36.9. The molecule has 0 aliphatic rings. The molecule has 1 aromatic heterocycles. The van der Waals surface area contributed by atoms with Crippen LogP contribution in [0.4, 0.5) is 5.82 Å². The molecule has 0 aliphatic heterocycles. The Balaban J connectivity index is 2.58. The molecule has 0 saturated heterocycles. The summed E-state index contributed by atoms with van der Waals surface area (Å²) in [6.45, 7) is 2.02. The number of rotatable bonds is 6. The average molecular weight is 280 g/mol. The molecule has 0 aliphatic carbocycles. The molecule has 2 atom stereocenters. The maximum absolute atomic E-state index is 11.7. The normalized spacial score (nSPS) is 15.6. The molecule has 0 spiro atoms. The minimum atomic E-state index is -3.64. The number of sulfonamides is 1. The largest absolute Gasteiger partial charge is 0.383 e. The quantitative estimate of drug-likeness (QED) is 0.645. The van der Waals surface area contributed by atoms with Crippen molar-refractivity contribution in [2.45, 2.75) is 23.5 Å². The Morgan fingerprint density at radius 1 is 1.65 bits per heavy atom. The first-order chi connectivity index (χ1) is 7.84. The van der Waals surface area contributed by atoms with Gasteiger partial charge in [0, 0.05) is 28.9 Å². The van der Waals surface area contributed by atoms with Gasteiger partial charge in [-0.2, -0.15) is 5.10 Å². The molecule has 98 valence electrons. The summed E-state index contributed by atoms with van der Waals surface area (Å²) in [4.78, 5) is -0.0669. The molecule has 17 heavy (non-hydrogen) atoms. The third-order valence-corrected chi connectivity index (χ3v) is 5.19. The van der Waals surface area contributed by atoms with E-state index in [2.05, 4.69) is 14.9 Å². The first-order valence-corrected chi connectivity index (χ1v) is 8.05. The van der Waals surface area contributed by atoms with Gasteiger partial charge in [-0.1, -0.05) is 6.92 Å². The number of aromatic nitrogens is 2. The van der Waals surface area contributed by atoms with E-state index in [4.69, 9.17) is 5.73 Å². The van der Waals surface area contributed by atoms with Crippen molar-refractivity contribution < 1.29 is 12.6 Å². The van der Waals surface area contributed by atoms with Crippen molar-refractivity contribution in [3.63, 3.8) is 0 Å². The summed E-state index contributed by atoms with van der Waals surface area (Å²) in [5, 5.41) is 5.84. The molecule has 0 bridgehead atoms. The Kier molecular flexibility index (Phi) is 4.66. The van der Waals surface area contributed by atoms with Gasteiger partial charge in [0.15, 0.2) is 0 Å². The van der Waals surface area contributed by atoms with Crippen molar-refractivity contribution in [3.8, 4) is 0 Å². The molecule has 9 heteroatoms. The van der Waals surface area contributed by atoms with E-state index in [0.29, 0.717) is 6.42 Å². The zero-order chi connectivity index (χ0) is 13.1. The van der Waals surface area contributed by atoms with Crippen LogP contribution in [0.25, 0.3) is 0 Å². The van der Waals surface area contributed by atoms with Crippen LogP contribution in [0.5, 0.6) is 0 Å². The molecule has 0 radical (unpaired) electrons. The Hall–Kier alpha value is -0.930. The van der Waals surface area contributed by atoms with Crippen molar-refractivity contribution in [1.82, 2.24) is 14.9 Å². The van der Waals surface area contributed by atoms with Gasteiger partial charge in [-0.25, -0.2) is 13.1 Å². The van der Waals surface area contributed by atoms with Crippen molar-refractivity contribution in [3.05, 3.63) is 6.20 Å². The van der Waals surface area contributed by atoms with E-state index < -0.39 is 20.8 Å². The highest BCUT2D eigenvalue weighted by Gasteiger charge is 2.19. The Morgan fingerprint density at radius 2 is 2.29 bits per heavy atom. The highest BCUT2D eigenvalue weighted by molar-refractivity contribution is 7.89. The third kappa shape index (κ3) is 3.79. The van der Waals surface area contributed by atoms with Crippen LogP contribution < -0.4 is 10.5 Å². The van der Waals surface area contributed by atoms with Crippen molar-refractivity contribution in [2.75, 3.05) is 18.5 Å². The number of nitrogen functional groups attached to an aromatic ring is 1. The predicted molar refractivity (Wildman–Crippen MR) is 66.3 cm³/mol. The fourth-order valence-corrected chi connectivity index (χ4v) is 2.66. The minimum Gasteiger partial charge on any atom is -0.383 e. The van der Waals surface area contributed by atoms with Crippen LogP contribution in [0.1, 0.15) is 13.3 Å². The van der Waals surface area contributed by atoms with Gasteiger partial charge in [-0.05, 0) is 6.42 Å². The fourth-order valence-electron chi connectivity index (χ4n) is 1.14. The number of nitrogens with one attached hydrogen (secondary N) is 2. The van der Waals surface area contributed by atoms with Gasteiger partial charge in [-0.3, -0.25) is 9.31 Å². The van der Waals surface area contributed by atoms with E-state index in [1.807, 2.05) is 0 Å². The number of nitrogens with two attached hydrogens (primary N) is 1. The molecule has 2 unspecified atom stereocenters. The number of anilines is 1. The Labute approximate surface area is 103 Å². The van der Waals surface area contributed by atoms with Crippen molar-refractivity contribution >= 4 is 26.6 Å². The van der Waals surface area contributed by atoms with E-state index in [1.165, 1.54) is 0 Å². The molecule has 1 aromatic rings. The van der Waals surface area contributed by atoms with Crippen LogP contribution in [0, 0.1) is 0 Å². The molecule has 0 aromatic carbocycles. The summed E-state index contributed by atoms with van der Waals surface area (Å²) in [5.74, 6) is 0.00427. The first kappa shape index (κ1) is 14.1. The van der Waals surface area contributed by atoms with Crippen LogP contribution in [-0.2, 0) is 20.8 Å². The standard InChI is InChI=1S/C8H16N4O3S2/c1-6(16(2)13)3-4-11-17(14,15)7-5-10-12-8(7)9/h5-6,11H,3-4H2,1-2H3,(H3,9,10,12). The minimum absolute atomic E-state index is 0.00427. The van der Waals surface area contributed by atoms with Crippen LogP contribution in [0.15, 0.2) is 11.1 Å². The zero-order valence-electron chi connectivity index (χ0n) is 9.63. The van der Waals surface area contributed by atoms with Gasteiger partial charge in [-0.15, -0.1) is 0 Å². The molecule has 1 heterocycles. The first-order valence-electron chi connectivity index (χ1n) is 4.95. The topological polar surface area (TPSA) is 118 Å². The second-order valence-electron chi connectivity index (χ2n) is 3.64. The molecule has 1 rings (SSSR count). The van der Waals surface area contributed by atoms with Gasteiger partial charge < -0.3 is 5.73 Å². The Morgan fingerprint density at radius 3 is 2.76 bits per heavy atom. The highest BCUT2D eigenvalue weighted by Crippen LogP contribution is 2.13. The molecule has 0 amide bonds. The van der Waals surface area contributed by atoms with Crippen LogP contribution in [0.2, 0.25) is 0 Å². The summed E-state index contributed by atoms with van der Waals surface area (Å²) in [6.07, 6.45) is 3.24. The second kappa shape index (κ2) is 5.61. The van der Waals surface area contributed by atoms with Crippen molar-refractivity contribution in [2.24, 2.45) is 0 Å². The molecular formula is C8H16N4O3S2. The summed E-state index contributed by atoms with van der Waals surface area (Å²) in [6, 6.07) is 0. The van der Waals surface area contributed by atoms with E-state index in [0.717, 1.165) is 6.20 Å². The van der Waals surface area contributed by atoms with E-state index in [1.54, 1.807) is 13.2 Å². The maximum atomic E-state index is 11.7. The smallest absolute Gasteiger partial charge is 0.245 e. The maximum Gasteiger partial charge on any atom is 0.245 e. The zero-order valence-corrected chi connectivity index (χ0v) is 11.3. The molecule has 7 nitrogen and oxygen atoms in total. The molecular weight excluding hydrogens is 264 g/mol. The third-order valence-electron chi connectivity index (χ3n) is 2.33. The molecule has 0 fully saturated rings. The number of aromatic amines is 1. The lowest BCUT2D eigenvalue weighted by Crippen LogP contribution is -2.28. The van der Waals surface area contributed by atoms with E-state index in [9.17, 15) is 12.6 Å². The number of hydrogen-bond acceptors (Lipinski definition) is 5. The number of H-pyrrole nitrogens is 1. The lowest BCUT2D eigenvalue weighted by atomic mass is 10.3. The SMILES string of the molecule is CC(CCNS(=O)(=O)c1cn[nH]c1N)S(C)=O. The van der Waals surface area contributed by atoms with Crippen LogP contribution in [0.3, 0.4) is 0 Å². The molecule has 0 saturated carbocycles. The lowest BCUT2D eigenvalue weighted by molar-refractivity contribution is 0.578. The summed E-state index contributed by atoms with van der Waals surface area (Å²) >= 11 is 0. The number of hydrogen-bond donors (Lipinski definition) is 3. The number of nitrogens with zero attached hydrogens (tertiary/aromatic N) is 1. The van der Waals surface area contributed by atoms with Crippen molar-refractivity contribution in [1.29, 1.82) is 0 Å². The average Bonchev–Trinajstić information content (AvgIpc) is 2.64. The summed E-state index contributed by atoms with van der Waals surface area (Å²) in [7, 11) is -4.59. The van der Waals surface area contributed by atoms with Gasteiger partial charge in [0.2, 0.25) is 10.0 Å². The van der Waals surface area contributed by atoms with Crippen LogP contribution in [-0.4, -0.2) is 40.9 Å². The Bertz CT molecular complexity index is 497. The summed E-state index contributed by atoms with van der Waals surface area (Å²) in [5.41, 5.74) is 5.42. The second-order valence-corrected chi connectivity index (χ2v) is 7.18. The highest BCUT2D eigenvalue weighted by atomic mass is 32.2. The van der Waals surface area contributed by atoms with E-state index in [-0.39, 0.29) is 22.5 Å². The van der Waals surface area contributed by atoms with Crippen LogP contribution >= 0.6 is 0 Å². The molecule has 4 N–H and O–H groups in total. The fraction of sp³-hybridized carbons (Fsp3) is 0.625. The van der Waals surface area contributed by atoms with E-state index >= 15 is 0 Å². The predicted octanol–water partition coefficient (Wildman–Crippen LogP) is -0.573. The van der Waals surface area contributed by atoms with Gasteiger partial charge >= 0.3 is 0 Å². The van der Waals surface area contributed by atoms with Gasteiger partial charge in [0.25, 0.3) is 0 Å². The van der Waals surface area contributed by atoms with Gasteiger partial charge in [0.05, 0.1) is 6.20 Å². The van der Waals surface area contributed by atoms with Gasteiger partial charge in [0.1, 0.15) is 10.7 Å². The monoisotopic (exact) mass is 280 g/mol.